The number of hydrogen-bond acceptors (Lipinski definition) is 3. The van der Waals surface area contributed by atoms with E-state index in [1.807, 2.05) is 0 Å². The molecule has 2 N–H and O–H groups in total. The number of methoxy groups -OCH3 is 1. The molecule has 0 saturated carbocycles. The first-order valence-corrected chi connectivity index (χ1v) is 7.48. The number of carbonyl (C=O) groups is 1. The number of benzene rings is 1. The van der Waals surface area contributed by atoms with Crippen LogP contribution in [-0.2, 0) is 15.7 Å². The van der Waals surface area contributed by atoms with Gasteiger partial charge in [0.25, 0.3) is 0 Å². The Morgan fingerprint density at radius 2 is 1.91 bits per heavy atom. The van der Waals surface area contributed by atoms with Gasteiger partial charge in [-0.25, -0.2) is 0 Å². The van der Waals surface area contributed by atoms with E-state index in [1.165, 1.54) is 12.1 Å². The first kappa shape index (κ1) is 19.4. The van der Waals surface area contributed by atoms with Gasteiger partial charge in [0.05, 0.1) is 12.2 Å². The number of carbonyl (C=O) groups excluding carboxylic acids is 1. The van der Waals surface area contributed by atoms with Crippen molar-refractivity contribution in [2.24, 2.45) is 0 Å². The van der Waals surface area contributed by atoms with Crippen molar-refractivity contribution >= 4 is 5.91 Å². The van der Waals surface area contributed by atoms with Crippen molar-refractivity contribution in [2.75, 3.05) is 33.4 Å². The Hall–Kier alpha value is -1.60. The number of halogens is 3. The van der Waals surface area contributed by atoms with E-state index in [0.29, 0.717) is 26.2 Å². The molecule has 0 spiro atoms. The maximum atomic E-state index is 13.0. The summed E-state index contributed by atoms with van der Waals surface area (Å²) in [5.74, 6) is -0.766. The zero-order valence-electron chi connectivity index (χ0n) is 13.4. The molecule has 0 fully saturated rings. The minimum Gasteiger partial charge on any atom is -0.383 e. The van der Waals surface area contributed by atoms with Crippen LogP contribution < -0.4 is 10.6 Å². The fourth-order valence-electron chi connectivity index (χ4n) is 2.23. The Bertz CT molecular complexity index is 492. The summed E-state index contributed by atoms with van der Waals surface area (Å²) in [4.78, 5) is 11.8. The monoisotopic (exact) mass is 332 g/mol. The molecule has 0 aromatic heterocycles. The first-order chi connectivity index (χ1) is 10.9. The van der Waals surface area contributed by atoms with Crippen LogP contribution in [0.3, 0.4) is 0 Å². The van der Waals surface area contributed by atoms with Crippen LogP contribution >= 0.6 is 0 Å². The second-order valence-corrected chi connectivity index (χ2v) is 5.28. The van der Waals surface area contributed by atoms with Gasteiger partial charge < -0.3 is 15.4 Å². The van der Waals surface area contributed by atoms with E-state index in [9.17, 15) is 18.0 Å². The van der Waals surface area contributed by atoms with Gasteiger partial charge in [0.1, 0.15) is 0 Å². The summed E-state index contributed by atoms with van der Waals surface area (Å²) in [7, 11) is 1.60. The van der Waals surface area contributed by atoms with Crippen LogP contribution in [0.5, 0.6) is 0 Å². The molecular formula is C16H23F3N2O2. The number of rotatable bonds is 9. The van der Waals surface area contributed by atoms with Crippen molar-refractivity contribution in [3.8, 4) is 0 Å². The minimum absolute atomic E-state index is 0.0190. The average molecular weight is 332 g/mol. The van der Waals surface area contributed by atoms with Crippen molar-refractivity contribution in [1.29, 1.82) is 0 Å². The number of amides is 1. The Morgan fingerprint density at radius 1 is 1.22 bits per heavy atom. The van der Waals surface area contributed by atoms with Crippen molar-refractivity contribution in [3.63, 3.8) is 0 Å². The Kier molecular flexibility index (Phi) is 8.05. The molecule has 7 heteroatoms. The van der Waals surface area contributed by atoms with Crippen molar-refractivity contribution < 1.29 is 22.7 Å². The fourth-order valence-corrected chi connectivity index (χ4v) is 2.23. The van der Waals surface area contributed by atoms with Crippen molar-refractivity contribution in [1.82, 2.24) is 10.6 Å². The van der Waals surface area contributed by atoms with Gasteiger partial charge in [-0.1, -0.05) is 25.1 Å². The lowest BCUT2D eigenvalue weighted by molar-refractivity contribution is -0.138. The molecule has 0 aliphatic carbocycles. The van der Waals surface area contributed by atoms with Gasteiger partial charge in [-0.15, -0.1) is 0 Å². The first-order valence-electron chi connectivity index (χ1n) is 7.48. The minimum atomic E-state index is -4.41. The molecule has 0 aliphatic rings. The van der Waals surface area contributed by atoms with Crippen LogP contribution in [-0.4, -0.2) is 39.3 Å². The molecular weight excluding hydrogens is 309 g/mol. The van der Waals surface area contributed by atoms with Gasteiger partial charge in [0.2, 0.25) is 5.91 Å². The maximum absolute atomic E-state index is 13.0. The normalized spacial score (nSPS) is 12.9. The second-order valence-electron chi connectivity index (χ2n) is 5.28. The molecule has 0 saturated heterocycles. The lowest BCUT2D eigenvalue weighted by Gasteiger charge is -2.18. The zero-order valence-corrected chi connectivity index (χ0v) is 13.4. The molecule has 0 bridgehead atoms. The lowest BCUT2D eigenvalue weighted by atomic mass is 9.92. The third kappa shape index (κ3) is 7.00. The summed E-state index contributed by atoms with van der Waals surface area (Å²) in [6.45, 7) is 3.90. The summed E-state index contributed by atoms with van der Waals surface area (Å²) in [6, 6.07) is 5.38. The summed E-state index contributed by atoms with van der Waals surface area (Å²) in [5.41, 5.74) is -0.532. The third-order valence-electron chi connectivity index (χ3n) is 3.40. The van der Waals surface area contributed by atoms with Crippen LogP contribution in [0.2, 0.25) is 0 Å². The standard InChI is InChI=1S/C16H23F3N2O2/c1-12(11-15(22)21-8-7-20-9-10-23-2)13-5-3-4-6-14(13)16(17,18)19/h3-6,12,20H,7-11H2,1-2H3,(H,21,22). The summed E-state index contributed by atoms with van der Waals surface area (Å²) < 4.78 is 43.8. The van der Waals surface area contributed by atoms with Gasteiger partial charge in [0.15, 0.2) is 0 Å². The fraction of sp³-hybridized carbons (Fsp3) is 0.562. The van der Waals surface area contributed by atoms with Gasteiger partial charge >= 0.3 is 6.18 Å². The maximum Gasteiger partial charge on any atom is 0.416 e. The van der Waals surface area contributed by atoms with Gasteiger partial charge in [0, 0.05) is 33.2 Å². The molecule has 1 aromatic rings. The smallest absolute Gasteiger partial charge is 0.383 e. The molecule has 4 nitrogen and oxygen atoms in total. The zero-order chi connectivity index (χ0) is 17.3. The summed E-state index contributed by atoms with van der Waals surface area (Å²) in [5, 5.41) is 5.76. The number of hydrogen-bond donors (Lipinski definition) is 2. The van der Waals surface area contributed by atoms with Gasteiger partial charge in [-0.05, 0) is 17.5 Å². The molecule has 1 unspecified atom stereocenters. The highest BCUT2D eigenvalue weighted by Crippen LogP contribution is 2.35. The Morgan fingerprint density at radius 3 is 2.57 bits per heavy atom. The second kappa shape index (κ2) is 9.52. The highest BCUT2D eigenvalue weighted by Gasteiger charge is 2.34. The number of ether oxygens (including phenoxy) is 1. The van der Waals surface area contributed by atoms with E-state index in [0.717, 1.165) is 6.07 Å². The van der Waals surface area contributed by atoms with Crippen LogP contribution in [0.15, 0.2) is 24.3 Å². The van der Waals surface area contributed by atoms with Crippen molar-refractivity contribution in [3.05, 3.63) is 35.4 Å². The predicted octanol–water partition coefficient (Wildman–Crippen LogP) is 2.55. The van der Waals surface area contributed by atoms with E-state index < -0.39 is 17.7 Å². The predicted molar refractivity (Wildman–Crippen MR) is 82.2 cm³/mol. The van der Waals surface area contributed by atoms with E-state index in [-0.39, 0.29) is 17.9 Å². The molecule has 0 heterocycles. The molecule has 1 atom stereocenters. The molecule has 0 radical (unpaired) electrons. The van der Waals surface area contributed by atoms with E-state index in [4.69, 9.17) is 4.74 Å². The lowest BCUT2D eigenvalue weighted by Crippen LogP contribution is -2.33. The van der Waals surface area contributed by atoms with E-state index in [2.05, 4.69) is 10.6 Å². The Balaban J connectivity index is 2.47. The quantitative estimate of drug-likeness (QED) is 0.683. The van der Waals surface area contributed by atoms with Crippen molar-refractivity contribution in [2.45, 2.75) is 25.4 Å². The highest BCUT2D eigenvalue weighted by molar-refractivity contribution is 5.76. The molecule has 1 aromatic carbocycles. The summed E-state index contributed by atoms with van der Waals surface area (Å²) in [6.07, 6.45) is -4.39. The number of alkyl halides is 3. The number of nitrogens with one attached hydrogen (secondary N) is 2. The Labute approximate surface area is 134 Å². The molecule has 130 valence electrons. The topological polar surface area (TPSA) is 50.4 Å². The molecule has 23 heavy (non-hydrogen) atoms. The van der Waals surface area contributed by atoms with Crippen LogP contribution in [0.1, 0.15) is 30.4 Å². The van der Waals surface area contributed by atoms with Gasteiger partial charge in [-0.3, -0.25) is 4.79 Å². The summed E-state index contributed by atoms with van der Waals surface area (Å²) >= 11 is 0. The highest BCUT2D eigenvalue weighted by atomic mass is 19.4. The van der Waals surface area contributed by atoms with Gasteiger partial charge in [-0.2, -0.15) is 13.2 Å². The molecule has 1 amide bonds. The van der Waals surface area contributed by atoms with E-state index >= 15 is 0 Å². The van der Waals surface area contributed by atoms with Crippen LogP contribution in [0.25, 0.3) is 0 Å². The molecule has 0 aliphatic heterocycles. The SMILES string of the molecule is COCCNCCNC(=O)CC(C)c1ccccc1C(F)(F)F. The van der Waals surface area contributed by atoms with Crippen LogP contribution in [0, 0.1) is 0 Å². The van der Waals surface area contributed by atoms with E-state index in [1.54, 1.807) is 20.1 Å². The largest absolute Gasteiger partial charge is 0.416 e. The average Bonchev–Trinajstić information content (AvgIpc) is 2.50. The van der Waals surface area contributed by atoms with Crippen LogP contribution in [0.4, 0.5) is 13.2 Å². The molecule has 1 rings (SSSR count). The third-order valence-corrected chi connectivity index (χ3v) is 3.40.